The number of aryl methyl sites for hydroxylation is 2. The van der Waals surface area contributed by atoms with E-state index in [9.17, 15) is 0 Å². The van der Waals surface area contributed by atoms with E-state index in [-0.39, 0.29) is 0 Å². The predicted octanol–water partition coefficient (Wildman–Crippen LogP) is 3.59. The van der Waals surface area contributed by atoms with Gasteiger partial charge in [0.05, 0.1) is 0 Å². The molecule has 100 valence electrons. The molecule has 0 saturated carbocycles. The highest BCUT2D eigenvalue weighted by Crippen LogP contribution is 2.20. The molecule has 0 aliphatic heterocycles. The Kier molecular flexibility index (Phi) is 4.69. The second kappa shape index (κ2) is 6.48. The van der Waals surface area contributed by atoms with E-state index in [1.807, 2.05) is 12.3 Å². The summed E-state index contributed by atoms with van der Waals surface area (Å²) in [6.07, 6.45) is 2.81. The fourth-order valence-corrected chi connectivity index (χ4v) is 2.37. The van der Waals surface area contributed by atoms with Crippen LogP contribution in [-0.4, -0.2) is 11.5 Å². The van der Waals surface area contributed by atoms with E-state index in [2.05, 4.69) is 61.4 Å². The highest BCUT2D eigenvalue weighted by molar-refractivity contribution is 5.27. The summed E-state index contributed by atoms with van der Waals surface area (Å²) in [6, 6.07) is 13.2. The van der Waals surface area contributed by atoms with Crippen molar-refractivity contribution in [1.82, 2.24) is 10.3 Å². The van der Waals surface area contributed by atoms with Crippen molar-refractivity contribution < 1.29 is 0 Å². The summed E-state index contributed by atoms with van der Waals surface area (Å²) >= 11 is 0. The maximum atomic E-state index is 4.51. The third-order valence-electron chi connectivity index (χ3n) is 3.41. The standard InChI is InChI=1S/C17H22N2/c1-4-18-17(15-9-5-7-13(2)11-15)12-16-14(3)8-6-10-19-16/h5-11,17-18H,4,12H2,1-3H3. The molecule has 19 heavy (non-hydrogen) atoms. The van der Waals surface area contributed by atoms with Crippen LogP contribution in [0.1, 0.15) is 35.3 Å². The van der Waals surface area contributed by atoms with Gasteiger partial charge in [0.2, 0.25) is 0 Å². The molecule has 1 heterocycles. The summed E-state index contributed by atoms with van der Waals surface area (Å²) in [7, 11) is 0. The van der Waals surface area contributed by atoms with Crippen LogP contribution in [0.15, 0.2) is 42.6 Å². The second-order valence-corrected chi connectivity index (χ2v) is 5.00. The zero-order valence-electron chi connectivity index (χ0n) is 12.0. The Hall–Kier alpha value is -1.67. The molecule has 0 radical (unpaired) electrons. The maximum Gasteiger partial charge on any atom is 0.0451 e. The van der Waals surface area contributed by atoms with Crippen molar-refractivity contribution in [3.63, 3.8) is 0 Å². The van der Waals surface area contributed by atoms with Crippen LogP contribution in [0.3, 0.4) is 0 Å². The normalized spacial score (nSPS) is 12.4. The maximum absolute atomic E-state index is 4.51. The minimum absolute atomic E-state index is 0.332. The van der Waals surface area contributed by atoms with Crippen molar-refractivity contribution >= 4 is 0 Å². The first kappa shape index (κ1) is 13.8. The fourth-order valence-electron chi connectivity index (χ4n) is 2.37. The van der Waals surface area contributed by atoms with Crippen molar-refractivity contribution in [2.75, 3.05) is 6.54 Å². The third kappa shape index (κ3) is 3.65. The highest BCUT2D eigenvalue weighted by Gasteiger charge is 2.13. The van der Waals surface area contributed by atoms with Gasteiger partial charge in [-0.2, -0.15) is 0 Å². The zero-order valence-corrected chi connectivity index (χ0v) is 12.0. The molecule has 1 atom stereocenters. The van der Waals surface area contributed by atoms with E-state index >= 15 is 0 Å². The number of rotatable bonds is 5. The Morgan fingerprint density at radius 2 is 2.00 bits per heavy atom. The molecular formula is C17H22N2. The third-order valence-corrected chi connectivity index (χ3v) is 3.41. The Morgan fingerprint density at radius 3 is 2.68 bits per heavy atom. The molecule has 1 unspecified atom stereocenters. The molecule has 0 amide bonds. The first-order valence-corrected chi connectivity index (χ1v) is 6.91. The average molecular weight is 254 g/mol. The molecule has 2 heteroatoms. The molecule has 2 nitrogen and oxygen atoms in total. The lowest BCUT2D eigenvalue weighted by atomic mass is 9.98. The van der Waals surface area contributed by atoms with E-state index in [1.54, 1.807) is 0 Å². The molecule has 0 bridgehead atoms. The van der Waals surface area contributed by atoms with Gasteiger partial charge in [-0.05, 0) is 37.6 Å². The summed E-state index contributed by atoms with van der Waals surface area (Å²) in [5.41, 5.74) is 5.08. The number of aromatic nitrogens is 1. The SMILES string of the molecule is CCNC(Cc1ncccc1C)c1cccc(C)c1. The van der Waals surface area contributed by atoms with Crippen LogP contribution in [0.2, 0.25) is 0 Å². The van der Waals surface area contributed by atoms with Crippen molar-refractivity contribution in [1.29, 1.82) is 0 Å². The number of hydrogen-bond acceptors (Lipinski definition) is 2. The molecular weight excluding hydrogens is 232 g/mol. The topological polar surface area (TPSA) is 24.9 Å². The summed E-state index contributed by atoms with van der Waals surface area (Å²) in [5.74, 6) is 0. The number of hydrogen-bond donors (Lipinski definition) is 1. The van der Waals surface area contributed by atoms with Gasteiger partial charge in [-0.3, -0.25) is 4.98 Å². The minimum atomic E-state index is 0.332. The molecule has 0 aliphatic carbocycles. The molecule has 1 aromatic heterocycles. The monoisotopic (exact) mass is 254 g/mol. The number of benzene rings is 1. The van der Waals surface area contributed by atoms with Crippen LogP contribution in [0.25, 0.3) is 0 Å². The smallest absolute Gasteiger partial charge is 0.0451 e. The second-order valence-electron chi connectivity index (χ2n) is 5.00. The van der Waals surface area contributed by atoms with Crippen LogP contribution in [0.4, 0.5) is 0 Å². The van der Waals surface area contributed by atoms with E-state index < -0.39 is 0 Å². The molecule has 0 fully saturated rings. The summed E-state index contributed by atoms with van der Waals surface area (Å²) in [5, 5.41) is 3.56. The van der Waals surface area contributed by atoms with Gasteiger partial charge in [-0.1, -0.05) is 42.8 Å². The number of pyridine rings is 1. The first-order valence-electron chi connectivity index (χ1n) is 6.91. The van der Waals surface area contributed by atoms with E-state index in [4.69, 9.17) is 0 Å². The predicted molar refractivity (Wildman–Crippen MR) is 80.3 cm³/mol. The van der Waals surface area contributed by atoms with Gasteiger partial charge in [-0.15, -0.1) is 0 Å². The molecule has 2 rings (SSSR count). The van der Waals surface area contributed by atoms with Crippen LogP contribution in [-0.2, 0) is 6.42 Å². The molecule has 0 saturated heterocycles. The molecule has 0 aliphatic rings. The number of nitrogens with one attached hydrogen (secondary N) is 1. The van der Waals surface area contributed by atoms with Crippen molar-refractivity contribution in [2.24, 2.45) is 0 Å². The molecule has 0 spiro atoms. The van der Waals surface area contributed by atoms with Gasteiger partial charge >= 0.3 is 0 Å². The lowest BCUT2D eigenvalue weighted by molar-refractivity contribution is 0.542. The van der Waals surface area contributed by atoms with Gasteiger partial charge in [0, 0.05) is 24.4 Å². The van der Waals surface area contributed by atoms with Crippen LogP contribution < -0.4 is 5.32 Å². The quantitative estimate of drug-likeness (QED) is 0.882. The van der Waals surface area contributed by atoms with Gasteiger partial charge in [0.15, 0.2) is 0 Å². The zero-order chi connectivity index (χ0) is 13.7. The van der Waals surface area contributed by atoms with Crippen LogP contribution in [0, 0.1) is 13.8 Å². The minimum Gasteiger partial charge on any atom is -0.310 e. The molecule has 1 aromatic carbocycles. The van der Waals surface area contributed by atoms with Crippen molar-refractivity contribution in [2.45, 2.75) is 33.2 Å². The van der Waals surface area contributed by atoms with Gasteiger partial charge in [-0.25, -0.2) is 0 Å². The van der Waals surface area contributed by atoms with E-state index in [0.717, 1.165) is 13.0 Å². The van der Waals surface area contributed by atoms with Crippen LogP contribution in [0.5, 0.6) is 0 Å². The Balaban J connectivity index is 2.24. The Bertz CT molecular complexity index is 534. The lowest BCUT2D eigenvalue weighted by Crippen LogP contribution is -2.23. The average Bonchev–Trinajstić information content (AvgIpc) is 2.40. The van der Waals surface area contributed by atoms with Gasteiger partial charge < -0.3 is 5.32 Å². The Morgan fingerprint density at radius 1 is 1.16 bits per heavy atom. The molecule has 1 N–H and O–H groups in total. The van der Waals surface area contributed by atoms with Crippen molar-refractivity contribution in [3.05, 3.63) is 65.0 Å². The van der Waals surface area contributed by atoms with E-state index in [1.165, 1.54) is 22.4 Å². The molecule has 2 aromatic rings. The fraction of sp³-hybridized carbons (Fsp3) is 0.353. The Labute approximate surface area is 115 Å². The largest absolute Gasteiger partial charge is 0.310 e. The summed E-state index contributed by atoms with van der Waals surface area (Å²) in [4.78, 5) is 4.51. The van der Waals surface area contributed by atoms with Crippen LogP contribution >= 0.6 is 0 Å². The number of nitrogens with zero attached hydrogens (tertiary/aromatic N) is 1. The van der Waals surface area contributed by atoms with Gasteiger partial charge in [0.1, 0.15) is 0 Å². The van der Waals surface area contributed by atoms with E-state index in [0.29, 0.717) is 6.04 Å². The van der Waals surface area contributed by atoms with Gasteiger partial charge in [0.25, 0.3) is 0 Å². The first-order chi connectivity index (χ1) is 9.20. The van der Waals surface area contributed by atoms with Crippen molar-refractivity contribution in [3.8, 4) is 0 Å². The lowest BCUT2D eigenvalue weighted by Gasteiger charge is -2.19. The summed E-state index contributed by atoms with van der Waals surface area (Å²) in [6.45, 7) is 7.37. The summed E-state index contributed by atoms with van der Waals surface area (Å²) < 4.78 is 0. The highest BCUT2D eigenvalue weighted by atomic mass is 14.9. The number of likely N-dealkylation sites (N-methyl/N-ethyl adjacent to an activating group) is 1.